The Morgan fingerprint density at radius 3 is 2.94 bits per heavy atom. The van der Waals surface area contributed by atoms with Gasteiger partial charge < -0.3 is 10.2 Å². The Labute approximate surface area is 98.3 Å². The van der Waals surface area contributed by atoms with Crippen LogP contribution in [0.25, 0.3) is 0 Å². The fourth-order valence-electron chi connectivity index (χ4n) is 1.37. The minimum absolute atomic E-state index is 0.613. The maximum absolute atomic E-state index is 5.50. The first-order chi connectivity index (χ1) is 7.79. The second kappa shape index (κ2) is 5.14. The van der Waals surface area contributed by atoms with Gasteiger partial charge in [-0.05, 0) is 42.8 Å². The standard InChI is InChI=1S/C11H13N3OS/c1-8-6-9(2-3-12)7-14-10(8)16-11-13-4-5-15-11/h4-7H,2-3,12H2,1H3. The van der Waals surface area contributed by atoms with Crippen LogP contribution in [0.1, 0.15) is 11.1 Å². The van der Waals surface area contributed by atoms with Gasteiger partial charge in [-0.1, -0.05) is 6.07 Å². The first kappa shape index (κ1) is 11.2. The first-order valence-electron chi connectivity index (χ1n) is 5.02. The van der Waals surface area contributed by atoms with Crippen molar-refractivity contribution in [2.75, 3.05) is 6.54 Å². The second-order valence-corrected chi connectivity index (χ2v) is 4.34. The molecule has 0 bridgehead atoms. The molecular weight excluding hydrogens is 222 g/mol. The summed E-state index contributed by atoms with van der Waals surface area (Å²) in [5, 5.41) is 1.53. The fourth-order valence-corrected chi connectivity index (χ4v) is 2.08. The zero-order valence-electron chi connectivity index (χ0n) is 9.01. The summed E-state index contributed by atoms with van der Waals surface area (Å²) in [6.45, 7) is 2.67. The highest BCUT2D eigenvalue weighted by Gasteiger charge is 2.06. The molecule has 0 aliphatic carbocycles. The summed E-state index contributed by atoms with van der Waals surface area (Å²) in [6, 6.07) is 2.10. The van der Waals surface area contributed by atoms with Crippen LogP contribution in [0.15, 0.2) is 39.4 Å². The lowest BCUT2D eigenvalue weighted by molar-refractivity contribution is 0.454. The molecule has 0 fully saturated rings. The Hall–Kier alpha value is -1.33. The quantitative estimate of drug-likeness (QED) is 0.878. The molecule has 0 atom stereocenters. The third-order valence-electron chi connectivity index (χ3n) is 2.11. The summed E-state index contributed by atoms with van der Waals surface area (Å²) in [4.78, 5) is 8.43. The molecule has 0 saturated heterocycles. The molecule has 4 nitrogen and oxygen atoms in total. The van der Waals surface area contributed by atoms with E-state index < -0.39 is 0 Å². The molecule has 0 aliphatic heterocycles. The average Bonchev–Trinajstić information content (AvgIpc) is 2.75. The smallest absolute Gasteiger partial charge is 0.261 e. The molecule has 2 heterocycles. The van der Waals surface area contributed by atoms with Gasteiger partial charge in [0.25, 0.3) is 5.22 Å². The van der Waals surface area contributed by atoms with E-state index in [0.29, 0.717) is 11.8 Å². The monoisotopic (exact) mass is 235 g/mol. The summed E-state index contributed by atoms with van der Waals surface area (Å²) in [6.07, 6.45) is 5.89. The largest absolute Gasteiger partial charge is 0.440 e. The Morgan fingerprint density at radius 1 is 1.44 bits per heavy atom. The molecule has 0 aromatic carbocycles. The normalized spacial score (nSPS) is 10.6. The van der Waals surface area contributed by atoms with Crippen molar-refractivity contribution in [3.8, 4) is 0 Å². The van der Waals surface area contributed by atoms with Crippen LogP contribution in [-0.4, -0.2) is 16.5 Å². The number of hydrogen-bond acceptors (Lipinski definition) is 5. The molecule has 2 N–H and O–H groups in total. The average molecular weight is 235 g/mol. The second-order valence-electron chi connectivity index (χ2n) is 3.40. The van der Waals surface area contributed by atoms with Crippen molar-refractivity contribution in [2.45, 2.75) is 23.6 Å². The van der Waals surface area contributed by atoms with Crippen molar-refractivity contribution in [3.63, 3.8) is 0 Å². The minimum Gasteiger partial charge on any atom is -0.440 e. The molecule has 0 radical (unpaired) electrons. The van der Waals surface area contributed by atoms with Crippen LogP contribution in [-0.2, 0) is 6.42 Å². The summed E-state index contributed by atoms with van der Waals surface area (Å²) >= 11 is 1.43. The van der Waals surface area contributed by atoms with Gasteiger partial charge in [-0.2, -0.15) is 0 Å². The molecule has 2 aromatic rings. The van der Waals surface area contributed by atoms with E-state index >= 15 is 0 Å². The van der Waals surface area contributed by atoms with E-state index in [0.717, 1.165) is 22.6 Å². The number of hydrogen-bond donors (Lipinski definition) is 1. The molecule has 0 aliphatic rings. The number of aryl methyl sites for hydroxylation is 1. The zero-order valence-corrected chi connectivity index (χ0v) is 9.83. The predicted molar refractivity (Wildman–Crippen MR) is 62.4 cm³/mol. The Balaban J connectivity index is 2.16. The van der Waals surface area contributed by atoms with E-state index in [9.17, 15) is 0 Å². The third kappa shape index (κ3) is 2.62. The molecular formula is C11H13N3OS. The Morgan fingerprint density at radius 2 is 2.31 bits per heavy atom. The van der Waals surface area contributed by atoms with E-state index in [1.54, 1.807) is 12.5 Å². The van der Waals surface area contributed by atoms with Crippen LogP contribution >= 0.6 is 11.8 Å². The summed E-state index contributed by atoms with van der Waals surface area (Å²) in [5.74, 6) is 0. The molecule has 0 unspecified atom stereocenters. The summed E-state index contributed by atoms with van der Waals surface area (Å²) in [5.41, 5.74) is 7.78. The van der Waals surface area contributed by atoms with Crippen LogP contribution in [0.4, 0.5) is 0 Å². The topological polar surface area (TPSA) is 64.9 Å². The van der Waals surface area contributed by atoms with Gasteiger partial charge in [0.05, 0.1) is 6.20 Å². The third-order valence-corrected chi connectivity index (χ3v) is 3.11. The van der Waals surface area contributed by atoms with Crippen LogP contribution in [0.5, 0.6) is 0 Å². The molecule has 0 saturated carbocycles. The summed E-state index contributed by atoms with van der Waals surface area (Å²) < 4.78 is 5.16. The SMILES string of the molecule is Cc1cc(CCN)cnc1Sc1ncco1. The Kier molecular flexibility index (Phi) is 3.58. The van der Waals surface area contributed by atoms with Crippen molar-refractivity contribution in [1.29, 1.82) is 0 Å². The minimum atomic E-state index is 0.613. The number of pyridine rings is 1. The number of rotatable bonds is 4. The number of aromatic nitrogens is 2. The van der Waals surface area contributed by atoms with Gasteiger partial charge in [0.2, 0.25) is 0 Å². The lowest BCUT2D eigenvalue weighted by Crippen LogP contribution is -2.03. The van der Waals surface area contributed by atoms with Crippen LogP contribution in [0, 0.1) is 6.92 Å². The summed E-state index contributed by atoms with van der Waals surface area (Å²) in [7, 11) is 0. The predicted octanol–water partition coefficient (Wildman–Crippen LogP) is 2.03. The number of nitrogens with two attached hydrogens (primary N) is 1. The van der Waals surface area contributed by atoms with Crippen molar-refractivity contribution >= 4 is 11.8 Å². The van der Waals surface area contributed by atoms with Gasteiger partial charge in [-0.15, -0.1) is 0 Å². The van der Waals surface area contributed by atoms with E-state index in [1.165, 1.54) is 11.8 Å². The molecule has 16 heavy (non-hydrogen) atoms. The zero-order chi connectivity index (χ0) is 11.4. The maximum Gasteiger partial charge on any atom is 0.261 e. The molecule has 84 valence electrons. The molecule has 5 heteroatoms. The van der Waals surface area contributed by atoms with Crippen molar-refractivity contribution in [2.24, 2.45) is 5.73 Å². The van der Waals surface area contributed by atoms with Crippen molar-refractivity contribution in [1.82, 2.24) is 9.97 Å². The lowest BCUT2D eigenvalue weighted by Gasteiger charge is -2.04. The molecule has 2 rings (SSSR count). The number of nitrogens with zero attached hydrogens (tertiary/aromatic N) is 2. The van der Waals surface area contributed by atoms with E-state index in [-0.39, 0.29) is 0 Å². The van der Waals surface area contributed by atoms with Gasteiger partial charge >= 0.3 is 0 Å². The van der Waals surface area contributed by atoms with Gasteiger partial charge in [0, 0.05) is 6.20 Å². The number of oxazole rings is 1. The Bertz CT molecular complexity index is 456. The maximum atomic E-state index is 5.50. The highest BCUT2D eigenvalue weighted by atomic mass is 32.2. The highest BCUT2D eigenvalue weighted by Crippen LogP contribution is 2.27. The van der Waals surface area contributed by atoms with E-state index in [2.05, 4.69) is 16.0 Å². The van der Waals surface area contributed by atoms with E-state index in [1.807, 2.05) is 13.1 Å². The molecule has 0 amide bonds. The van der Waals surface area contributed by atoms with Crippen LogP contribution in [0.3, 0.4) is 0 Å². The van der Waals surface area contributed by atoms with Crippen molar-refractivity contribution < 1.29 is 4.42 Å². The molecule has 2 aromatic heterocycles. The lowest BCUT2D eigenvalue weighted by atomic mass is 10.2. The highest BCUT2D eigenvalue weighted by molar-refractivity contribution is 7.99. The van der Waals surface area contributed by atoms with Gasteiger partial charge in [-0.25, -0.2) is 9.97 Å². The van der Waals surface area contributed by atoms with Crippen LogP contribution < -0.4 is 5.73 Å². The van der Waals surface area contributed by atoms with Crippen LogP contribution in [0.2, 0.25) is 0 Å². The molecule has 0 spiro atoms. The van der Waals surface area contributed by atoms with E-state index in [4.69, 9.17) is 10.2 Å². The fraction of sp³-hybridized carbons (Fsp3) is 0.273. The van der Waals surface area contributed by atoms with Crippen molar-refractivity contribution in [3.05, 3.63) is 35.9 Å². The first-order valence-corrected chi connectivity index (χ1v) is 5.84. The van der Waals surface area contributed by atoms with Gasteiger partial charge in [-0.3, -0.25) is 0 Å². The van der Waals surface area contributed by atoms with Gasteiger partial charge in [0.15, 0.2) is 0 Å². The van der Waals surface area contributed by atoms with Gasteiger partial charge in [0.1, 0.15) is 11.3 Å².